The standard InChI is InChI=1S/C13H19N3O3/c1-8(2)11(12(14)16-18)15-13(17)9-5-4-6-10(7-9)19-3/h4-8,11,18H,1-3H3,(H2,14,16)(H,15,17). The Labute approximate surface area is 112 Å². The Morgan fingerprint density at radius 1 is 1.47 bits per heavy atom. The average molecular weight is 265 g/mol. The van der Waals surface area contributed by atoms with Crippen molar-refractivity contribution in [3.8, 4) is 5.75 Å². The Bertz CT molecular complexity index is 472. The van der Waals surface area contributed by atoms with Gasteiger partial charge in [0.05, 0.1) is 13.2 Å². The number of carbonyl (C=O) groups is 1. The Hall–Kier alpha value is -2.24. The largest absolute Gasteiger partial charge is 0.497 e. The number of nitrogens with one attached hydrogen (secondary N) is 1. The van der Waals surface area contributed by atoms with Crippen LogP contribution in [0.3, 0.4) is 0 Å². The monoisotopic (exact) mass is 265 g/mol. The molecule has 0 saturated heterocycles. The number of amidine groups is 1. The molecular weight excluding hydrogens is 246 g/mol. The van der Waals surface area contributed by atoms with Gasteiger partial charge in [0.1, 0.15) is 5.75 Å². The number of nitrogens with two attached hydrogens (primary N) is 1. The first-order valence-electron chi connectivity index (χ1n) is 5.92. The number of nitrogens with zero attached hydrogens (tertiary/aromatic N) is 1. The maximum atomic E-state index is 12.1. The quantitative estimate of drug-likeness (QED) is 0.322. The van der Waals surface area contributed by atoms with Crippen molar-refractivity contribution in [1.82, 2.24) is 5.32 Å². The lowest BCUT2D eigenvalue weighted by molar-refractivity contribution is 0.0938. The van der Waals surface area contributed by atoms with Gasteiger partial charge in [0.25, 0.3) is 5.91 Å². The van der Waals surface area contributed by atoms with Gasteiger partial charge in [-0.05, 0) is 24.1 Å². The van der Waals surface area contributed by atoms with Gasteiger partial charge in [0.2, 0.25) is 0 Å². The zero-order chi connectivity index (χ0) is 14.4. The molecule has 6 nitrogen and oxygen atoms in total. The third-order valence-electron chi connectivity index (χ3n) is 2.72. The lowest BCUT2D eigenvalue weighted by Gasteiger charge is -2.20. The molecule has 6 heteroatoms. The molecule has 1 unspecified atom stereocenters. The number of benzene rings is 1. The molecule has 0 aliphatic carbocycles. The zero-order valence-electron chi connectivity index (χ0n) is 11.3. The van der Waals surface area contributed by atoms with Crippen LogP contribution in [-0.2, 0) is 0 Å². The normalized spacial score (nSPS) is 13.2. The fourth-order valence-corrected chi connectivity index (χ4v) is 1.63. The van der Waals surface area contributed by atoms with Crippen molar-refractivity contribution in [2.75, 3.05) is 7.11 Å². The van der Waals surface area contributed by atoms with Crippen molar-refractivity contribution in [3.05, 3.63) is 29.8 Å². The molecule has 104 valence electrons. The van der Waals surface area contributed by atoms with Gasteiger partial charge >= 0.3 is 0 Å². The molecule has 0 aromatic heterocycles. The number of hydrogen-bond donors (Lipinski definition) is 3. The predicted octanol–water partition coefficient (Wildman–Crippen LogP) is 1.20. The topological polar surface area (TPSA) is 96.9 Å². The van der Waals surface area contributed by atoms with Gasteiger partial charge in [-0.15, -0.1) is 0 Å². The van der Waals surface area contributed by atoms with Crippen LogP contribution < -0.4 is 15.8 Å². The van der Waals surface area contributed by atoms with E-state index in [0.29, 0.717) is 11.3 Å². The summed E-state index contributed by atoms with van der Waals surface area (Å²) < 4.78 is 5.06. The first kappa shape index (κ1) is 14.8. The highest BCUT2D eigenvalue weighted by atomic mass is 16.5. The van der Waals surface area contributed by atoms with E-state index in [4.69, 9.17) is 15.7 Å². The fourth-order valence-electron chi connectivity index (χ4n) is 1.63. The summed E-state index contributed by atoms with van der Waals surface area (Å²) in [5.41, 5.74) is 6.02. The smallest absolute Gasteiger partial charge is 0.252 e. The van der Waals surface area contributed by atoms with Crippen molar-refractivity contribution < 1.29 is 14.7 Å². The van der Waals surface area contributed by atoms with Crippen molar-refractivity contribution in [2.45, 2.75) is 19.9 Å². The van der Waals surface area contributed by atoms with E-state index in [1.165, 1.54) is 7.11 Å². The molecule has 1 aromatic rings. The molecule has 0 fully saturated rings. The van der Waals surface area contributed by atoms with Gasteiger partial charge in [-0.1, -0.05) is 25.1 Å². The number of methoxy groups -OCH3 is 1. The number of rotatable bonds is 5. The highest BCUT2D eigenvalue weighted by Crippen LogP contribution is 2.13. The summed E-state index contributed by atoms with van der Waals surface area (Å²) in [5.74, 6) is 0.276. The number of ether oxygens (including phenoxy) is 1. The number of oxime groups is 1. The van der Waals surface area contributed by atoms with Crippen molar-refractivity contribution >= 4 is 11.7 Å². The van der Waals surface area contributed by atoms with Crippen LogP contribution in [0.25, 0.3) is 0 Å². The maximum Gasteiger partial charge on any atom is 0.252 e. The first-order chi connectivity index (χ1) is 8.99. The Kier molecular flexibility index (Phi) is 5.17. The van der Waals surface area contributed by atoms with Crippen LogP contribution in [0.15, 0.2) is 29.4 Å². The van der Waals surface area contributed by atoms with E-state index < -0.39 is 6.04 Å². The summed E-state index contributed by atoms with van der Waals surface area (Å²) >= 11 is 0. The van der Waals surface area contributed by atoms with Crippen LogP contribution in [0.5, 0.6) is 5.75 Å². The van der Waals surface area contributed by atoms with Crippen LogP contribution in [0.4, 0.5) is 0 Å². The van der Waals surface area contributed by atoms with Gasteiger partial charge in [0.15, 0.2) is 5.84 Å². The van der Waals surface area contributed by atoms with Gasteiger partial charge in [-0.2, -0.15) is 0 Å². The minimum atomic E-state index is -0.524. The molecule has 0 saturated carbocycles. The van der Waals surface area contributed by atoms with Gasteiger partial charge in [-0.25, -0.2) is 0 Å². The highest BCUT2D eigenvalue weighted by Gasteiger charge is 2.21. The summed E-state index contributed by atoms with van der Waals surface area (Å²) in [5, 5.41) is 14.4. The third-order valence-corrected chi connectivity index (χ3v) is 2.72. The van der Waals surface area contributed by atoms with E-state index in [1.807, 2.05) is 13.8 Å². The molecule has 1 amide bonds. The van der Waals surface area contributed by atoms with Crippen LogP contribution in [0.2, 0.25) is 0 Å². The highest BCUT2D eigenvalue weighted by molar-refractivity contribution is 5.98. The second-order valence-electron chi connectivity index (χ2n) is 4.45. The van der Waals surface area contributed by atoms with E-state index in [-0.39, 0.29) is 17.7 Å². The number of hydrogen-bond acceptors (Lipinski definition) is 4. The summed E-state index contributed by atoms with van der Waals surface area (Å²) in [6, 6.07) is 6.24. The number of carbonyl (C=O) groups excluding carboxylic acids is 1. The lowest BCUT2D eigenvalue weighted by atomic mass is 10.0. The Morgan fingerprint density at radius 2 is 2.16 bits per heavy atom. The average Bonchev–Trinajstić information content (AvgIpc) is 2.43. The number of amides is 1. The molecule has 1 aromatic carbocycles. The SMILES string of the molecule is COc1cccc(C(=O)NC(C(N)=NO)C(C)C)c1. The van der Waals surface area contributed by atoms with Crippen molar-refractivity contribution in [2.24, 2.45) is 16.8 Å². The van der Waals surface area contributed by atoms with Crippen molar-refractivity contribution in [3.63, 3.8) is 0 Å². The second-order valence-corrected chi connectivity index (χ2v) is 4.45. The summed E-state index contributed by atoms with van der Waals surface area (Å²) in [7, 11) is 1.53. The molecule has 0 bridgehead atoms. The van der Waals surface area contributed by atoms with Crippen LogP contribution in [-0.4, -0.2) is 30.1 Å². The molecular formula is C13H19N3O3. The van der Waals surface area contributed by atoms with Gasteiger partial charge < -0.3 is 21.0 Å². The molecule has 0 heterocycles. The molecule has 0 spiro atoms. The van der Waals surface area contributed by atoms with E-state index in [0.717, 1.165) is 0 Å². The maximum absolute atomic E-state index is 12.1. The Morgan fingerprint density at radius 3 is 2.68 bits per heavy atom. The first-order valence-corrected chi connectivity index (χ1v) is 5.92. The summed E-state index contributed by atoms with van der Waals surface area (Å²) in [4.78, 5) is 12.1. The third kappa shape index (κ3) is 3.87. The predicted molar refractivity (Wildman–Crippen MR) is 72.5 cm³/mol. The minimum Gasteiger partial charge on any atom is -0.497 e. The van der Waals surface area contributed by atoms with E-state index in [9.17, 15) is 4.79 Å². The van der Waals surface area contributed by atoms with E-state index in [1.54, 1.807) is 24.3 Å². The van der Waals surface area contributed by atoms with Gasteiger partial charge in [0, 0.05) is 5.56 Å². The second kappa shape index (κ2) is 6.63. The molecule has 4 N–H and O–H groups in total. The molecule has 0 aliphatic rings. The van der Waals surface area contributed by atoms with Crippen molar-refractivity contribution in [1.29, 1.82) is 0 Å². The Balaban J connectivity index is 2.87. The summed E-state index contributed by atoms with van der Waals surface area (Å²) in [6.07, 6.45) is 0. The van der Waals surface area contributed by atoms with Gasteiger partial charge in [-0.3, -0.25) is 4.79 Å². The molecule has 1 atom stereocenters. The van der Waals surface area contributed by atoms with Crippen LogP contribution >= 0.6 is 0 Å². The zero-order valence-corrected chi connectivity index (χ0v) is 11.3. The van der Waals surface area contributed by atoms with E-state index >= 15 is 0 Å². The molecule has 19 heavy (non-hydrogen) atoms. The molecule has 0 aliphatic heterocycles. The summed E-state index contributed by atoms with van der Waals surface area (Å²) in [6.45, 7) is 3.74. The van der Waals surface area contributed by atoms with Crippen LogP contribution in [0, 0.1) is 5.92 Å². The minimum absolute atomic E-state index is 0.00505. The molecule has 1 rings (SSSR count). The lowest BCUT2D eigenvalue weighted by Crippen LogP contribution is -2.47. The van der Waals surface area contributed by atoms with Crippen LogP contribution in [0.1, 0.15) is 24.2 Å². The fraction of sp³-hybridized carbons (Fsp3) is 0.385. The molecule has 0 radical (unpaired) electrons. The van der Waals surface area contributed by atoms with E-state index in [2.05, 4.69) is 10.5 Å².